The number of aliphatic hydroxyl groups is 1. The van der Waals surface area contributed by atoms with Gasteiger partial charge in [0.2, 0.25) is 0 Å². The second-order valence-electron chi connectivity index (χ2n) is 5.72. The van der Waals surface area contributed by atoms with Crippen LogP contribution >= 0.6 is 0 Å². The van der Waals surface area contributed by atoms with Crippen molar-refractivity contribution in [2.45, 2.75) is 51.1 Å². The first-order chi connectivity index (χ1) is 10.0. The molecule has 1 aromatic rings. The Hall–Kier alpha value is -1.30. The van der Waals surface area contributed by atoms with Crippen molar-refractivity contribution < 1.29 is 19.3 Å². The van der Waals surface area contributed by atoms with Crippen molar-refractivity contribution in [1.82, 2.24) is 0 Å². The molecule has 3 unspecified atom stereocenters. The van der Waals surface area contributed by atoms with E-state index >= 15 is 0 Å². The van der Waals surface area contributed by atoms with Crippen molar-refractivity contribution in [1.29, 1.82) is 0 Å². The topological polar surface area (TPSA) is 73.9 Å². The molecule has 0 aliphatic carbocycles. The van der Waals surface area contributed by atoms with Gasteiger partial charge < -0.3 is 25.1 Å². The normalized spacial score (nSPS) is 27.3. The second kappa shape index (κ2) is 7.64. The Balaban J connectivity index is 1.67. The molecule has 0 saturated carbocycles. The highest BCUT2D eigenvalue weighted by atomic mass is 16.5. The predicted octanol–water partition coefficient (Wildman–Crippen LogP) is 1.98. The molecule has 3 N–H and O–H groups in total. The van der Waals surface area contributed by atoms with Crippen molar-refractivity contribution in [3.63, 3.8) is 0 Å². The van der Waals surface area contributed by atoms with Crippen molar-refractivity contribution >= 4 is 5.69 Å². The van der Waals surface area contributed by atoms with E-state index in [4.69, 9.17) is 19.9 Å². The minimum absolute atomic E-state index is 0.148. The van der Waals surface area contributed by atoms with Crippen LogP contribution in [0.5, 0.6) is 5.75 Å². The SMILES string of the molecule is CC1CC(OCC(O)COc2ccc(N)cc2)CC(C)O1. The Kier molecular flexibility index (Phi) is 5.85. The maximum absolute atomic E-state index is 9.92. The van der Waals surface area contributed by atoms with Gasteiger partial charge in [0, 0.05) is 5.69 Å². The maximum atomic E-state index is 9.92. The molecule has 5 nitrogen and oxygen atoms in total. The highest BCUT2D eigenvalue weighted by Crippen LogP contribution is 2.21. The van der Waals surface area contributed by atoms with Crippen molar-refractivity contribution in [3.05, 3.63) is 24.3 Å². The monoisotopic (exact) mass is 295 g/mol. The summed E-state index contributed by atoms with van der Waals surface area (Å²) in [5.74, 6) is 0.691. The number of aliphatic hydroxyl groups excluding tert-OH is 1. The van der Waals surface area contributed by atoms with Gasteiger partial charge in [-0.25, -0.2) is 0 Å². The van der Waals surface area contributed by atoms with Crippen molar-refractivity contribution in [3.8, 4) is 5.75 Å². The molecule has 0 aromatic heterocycles. The molecular formula is C16H25NO4. The third-order valence-electron chi connectivity index (χ3n) is 3.50. The molecule has 0 radical (unpaired) electrons. The molecule has 1 saturated heterocycles. The number of rotatable bonds is 6. The highest BCUT2D eigenvalue weighted by Gasteiger charge is 2.25. The number of hydrogen-bond acceptors (Lipinski definition) is 5. The van der Waals surface area contributed by atoms with Crippen molar-refractivity contribution in [2.75, 3.05) is 18.9 Å². The van der Waals surface area contributed by atoms with Crippen LogP contribution in [0.4, 0.5) is 5.69 Å². The van der Waals surface area contributed by atoms with Crippen LogP contribution in [0.15, 0.2) is 24.3 Å². The van der Waals surface area contributed by atoms with Crippen LogP contribution in [0.2, 0.25) is 0 Å². The van der Waals surface area contributed by atoms with E-state index < -0.39 is 6.10 Å². The fourth-order valence-electron chi connectivity index (χ4n) is 2.53. The van der Waals surface area contributed by atoms with E-state index in [-0.39, 0.29) is 31.5 Å². The largest absolute Gasteiger partial charge is 0.491 e. The van der Waals surface area contributed by atoms with Crippen LogP contribution in [0.1, 0.15) is 26.7 Å². The zero-order chi connectivity index (χ0) is 15.2. The fraction of sp³-hybridized carbons (Fsp3) is 0.625. The highest BCUT2D eigenvalue weighted by molar-refractivity contribution is 5.41. The van der Waals surface area contributed by atoms with Gasteiger partial charge in [0.15, 0.2) is 0 Å². The van der Waals surface area contributed by atoms with Gasteiger partial charge >= 0.3 is 0 Å². The molecule has 1 aliphatic rings. The van der Waals surface area contributed by atoms with Gasteiger partial charge in [-0.15, -0.1) is 0 Å². The molecule has 1 fully saturated rings. The lowest BCUT2D eigenvalue weighted by Crippen LogP contribution is -2.36. The summed E-state index contributed by atoms with van der Waals surface area (Å²) < 4.78 is 16.9. The molecule has 5 heteroatoms. The average Bonchev–Trinajstić information content (AvgIpc) is 2.43. The first-order valence-corrected chi connectivity index (χ1v) is 7.46. The molecule has 1 aliphatic heterocycles. The van der Waals surface area contributed by atoms with Crippen LogP contribution in [0.25, 0.3) is 0 Å². The zero-order valence-electron chi connectivity index (χ0n) is 12.7. The molecular weight excluding hydrogens is 270 g/mol. The van der Waals surface area contributed by atoms with Gasteiger partial charge in [0.05, 0.1) is 24.9 Å². The number of nitrogens with two attached hydrogens (primary N) is 1. The van der Waals surface area contributed by atoms with Gasteiger partial charge in [-0.1, -0.05) is 0 Å². The van der Waals surface area contributed by atoms with Crippen LogP contribution < -0.4 is 10.5 Å². The summed E-state index contributed by atoms with van der Waals surface area (Å²) in [5.41, 5.74) is 6.29. The standard InChI is InChI=1S/C16H25NO4/c1-11-7-16(8-12(2)21-11)20-10-14(18)9-19-15-5-3-13(17)4-6-15/h3-6,11-12,14,16,18H,7-10,17H2,1-2H3. The summed E-state index contributed by atoms with van der Waals surface area (Å²) in [6.07, 6.45) is 1.67. The predicted molar refractivity (Wildman–Crippen MR) is 81.3 cm³/mol. The second-order valence-corrected chi connectivity index (χ2v) is 5.72. The number of benzene rings is 1. The van der Waals surface area contributed by atoms with Crippen LogP contribution in [-0.2, 0) is 9.47 Å². The van der Waals surface area contributed by atoms with E-state index in [9.17, 15) is 5.11 Å². The van der Waals surface area contributed by atoms with Crippen molar-refractivity contribution in [2.24, 2.45) is 0 Å². The molecule has 118 valence electrons. The number of ether oxygens (including phenoxy) is 3. The summed E-state index contributed by atoms with van der Waals surface area (Å²) in [5, 5.41) is 9.92. The third kappa shape index (κ3) is 5.53. The first kappa shape index (κ1) is 16.1. The quantitative estimate of drug-likeness (QED) is 0.785. The first-order valence-electron chi connectivity index (χ1n) is 7.46. The van der Waals surface area contributed by atoms with Crippen LogP contribution in [0, 0.1) is 0 Å². The van der Waals surface area contributed by atoms with Gasteiger partial charge in [-0.3, -0.25) is 0 Å². The van der Waals surface area contributed by atoms with Crippen LogP contribution in [-0.4, -0.2) is 42.7 Å². The lowest BCUT2D eigenvalue weighted by Gasteiger charge is -2.32. The Labute approximate surface area is 126 Å². The zero-order valence-corrected chi connectivity index (χ0v) is 12.7. The summed E-state index contributed by atoms with van der Waals surface area (Å²) in [7, 11) is 0. The number of nitrogen functional groups attached to an aromatic ring is 1. The maximum Gasteiger partial charge on any atom is 0.119 e. The number of hydrogen-bond donors (Lipinski definition) is 2. The Morgan fingerprint density at radius 1 is 1.19 bits per heavy atom. The Morgan fingerprint density at radius 2 is 1.81 bits per heavy atom. The minimum atomic E-state index is -0.643. The van der Waals surface area contributed by atoms with Gasteiger partial charge in [-0.2, -0.15) is 0 Å². The van der Waals surface area contributed by atoms with E-state index in [1.54, 1.807) is 24.3 Å². The lowest BCUT2D eigenvalue weighted by molar-refractivity contribution is -0.115. The molecule has 0 amide bonds. The third-order valence-corrected chi connectivity index (χ3v) is 3.50. The molecule has 21 heavy (non-hydrogen) atoms. The Bertz CT molecular complexity index is 413. The summed E-state index contributed by atoms with van der Waals surface area (Å²) in [6, 6.07) is 7.10. The summed E-state index contributed by atoms with van der Waals surface area (Å²) in [4.78, 5) is 0. The Morgan fingerprint density at radius 3 is 2.43 bits per heavy atom. The minimum Gasteiger partial charge on any atom is -0.491 e. The molecule has 1 aromatic carbocycles. The molecule has 0 spiro atoms. The lowest BCUT2D eigenvalue weighted by atomic mass is 10.0. The average molecular weight is 295 g/mol. The smallest absolute Gasteiger partial charge is 0.119 e. The van der Waals surface area contributed by atoms with Gasteiger partial charge in [0.25, 0.3) is 0 Å². The summed E-state index contributed by atoms with van der Waals surface area (Å²) in [6.45, 7) is 4.58. The fourth-order valence-corrected chi connectivity index (χ4v) is 2.53. The van der Waals surface area contributed by atoms with Gasteiger partial charge in [0.1, 0.15) is 18.5 Å². The van der Waals surface area contributed by atoms with E-state index in [1.807, 2.05) is 13.8 Å². The molecule has 1 heterocycles. The van der Waals surface area contributed by atoms with Gasteiger partial charge in [-0.05, 0) is 51.0 Å². The van der Waals surface area contributed by atoms with Crippen LogP contribution in [0.3, 0.4) is 0 Å². The van der Waals surface area contributed by atoms with E-state index in [1.165, 1.54) is 0 Å². The number of anilines is 1. The van der Waals surface area contributed by atoms with E-state index in [2.05, 4.69) is 0 Å². The molecule has 0 bridgehead atoms. The molecule has 3 atom stereocenters. The molecule has 2 rings (SSSR count). The summed E-state index contributed by atoms with van der Waals surface area (Å²) >= 11 is 0. The van der Waals surface area contributed by atoms with E-state index in [0.29, 0.717) is 11.4 Å². The van der Waals surface area contributed by atoms with E-state index in [0.717, 1.165) is 12.8 Å².